The topological polar surface area (TPSA) is 110 Å². The van der Waals surface area contributed by atoms with E-state index in [1.165, 1.54) is 11.2 Å². The molecule has 10 heteroatoms. The van der Waals surface area contributed by atoms with Crippen LogP contribution in [0.15, 0.2) is 71.3 Å². The van der Waals surface area contributed by atoms with E-state index in [0.717, 1.165) is 0 Å². The fraction of sp³-hybridized carbons (Fsp3) is 0.208. The van der Waals surface area contributed by atoms with Crippen molar-refractivity contribution in [1.82, 2.24) is 10.2 Å². The molecule has 0 fully saturated rings. The van der Waals surface area contributed by atoms with Gasteiger partial charge in [0.1, 0.15) is 23.8 Å². The molecular formula is C24H24ClN3O6. The number of rotatable bonds is 11. The molecule has 2 aromatic carbocycles. The minimum Gasteiger partial charge on any atom is -0.497 e. The van der Waals surface area contributed by atoms with Crippen LogP contribution in [0.1, 0.15) is 5.76 Å². The van der Waals surface area contributed by atoms with E-state index >= 15 is 0 Å². The lowest BCUT2D eigenvalue weighted by atomic mass is 10.3. The molecule has 34 heavy (non-hydrogen) atoms. The van der Waals surface area contributed by atoms with Crippen LogP contribution >= 0.6 is 11.6 Å². The lowest BCUT2D eigenvalue weighted by molar-refractivity contribution is -0.138. The smallest absolute Gasteiger partial charge is 0.261 e. The highest BCUT2D eigenvalue weighted by atomic mass is 35.5. The molecule has 0 spiro atoms. The highest BCUT2D eigenvalue weighted by Gasteiger charge is 2.20. The Kier molecular flexibility index (Phi) is 8.93. The first-order valence-electron chi connectivity index (χ1n) is 10.3. The van der Waals surface area contributed by atoms with Crippen molar-refractivity contribution >= 4 is 35.0 Å². The zero-order chi connectivity index (χ0) is 24.3. The Bertz CT molecular complexity index is 1080. The molecule has 0 atom stereocenters. The Morgan fingerprint density at radius 1 is 0.971 bits per heavy atom. The number of furan rings is 1. The number of nitrogens with zero attached hydrogens (tertiary/aromatic N) is 1. The lowest BCUT2D eigenvalue weighted by Crippen LogP contribution is -2.44. The van der Waals surface area contributed by atoms with Crippen molar-refractivity contribution in [3.05, 3.63) is 77.7 Å². The maximum absolute atomic E-state index is 12.7. The first-order chi connectivity index (χ1) is 16.4. The second-order valence-corrected chi connectivity index (χ2v) is 7.56. The summed E-state index contributed by atoms with van der Waals surface area (Å²) in [5, 5.41) is 5.73. The highest BCUT2D eigenvalue weighted by molar-refractivity contribution is 6.30. The van der Waals surface area contributed by atoms with Gasteiger partial charge in [-0.05, 0) is 60.7 Å². The van der Waals surface area contributed by atoms with Crippen molar-refractivity contribution < 1.29 is 28.3 Å². The Morgan fingerprint density at radius 3 is 2.32 bits per heavy atom. The number of halogens is 1. The second kappa shape index (κ2) is 12.3. The van der Waals surface area contributed by atoms with E-state index in [1.807, 2.05) is 0 Å². The van der Waals surface area contributed by atoms with Gasteiger partial charge in [-0.25, -0.2) is 0 Å². The molecule has 0 aliphatic heterocycles. The fourth-order valence-electron chi connectivity index (χ4n) is 2.88. The summed E-state index contributed by atoms with van der Waals surface area (Å²) in [5.41, 5.74) is 0.564. The van der Waals surface area contributed by atoms with Crippen LogP contribution < -0.4 is 20.1 Å². The Labute approximate surface area is 201 Å². The number of methoxy groups -OCH3 is 1. The lowest BCUT2D eigenvalue weighted by Gasteiger charge is -2.21. The van der Waals surface area contributed by atoms with Gasteiger partial charge in [0, 0.05) is 10.7 Å². The van der Waals surface area contributed by atoms with Gasteiger partial charge >= 0.3 is 0 Å². The number of carbonyl (C=O) groups excluding carboxylic acids is 3. The first-order valence-corrected chi connectivity index (χ1v) is 10.7. The van der Waals surface area contributed by atoms with Crippen LogP contribution in [0.5, 0.6) is 11.5 Å². The number of ether oxygens (including phenoxy) is 2. The van der Waals surface area contributed by atoms with Crippen molar-refractivity contribution in [2.75, 3.05) is 32.1 Å². The van der Waals surface area contributed by atoms with Gasteiger partial charge in [-0.2, -0.15) is 0 Å². The number of carbonyl (C=O) groups is 3. The summed E-state index contributed by atoms with van der Waals surface area (Å²) in [5.74, 6) is 0.293. The van der Waals surface area contributed by atoms with E-state index in [0.29, 0.717) is 28.0 Å². The third-order valence-electron chi connectivity index (χ3n) is 4.61. The van der Waals surface area contributed by atoms with Gasteiger partial charge in [-0.15, -0.1) is 0 Å². The largest absolute Gasteiger partial charge is 0.497 e. The van der Waals surface area contributed by atoms with Crippen molar-refractivity contribution in [2.24, 2.45) is 0 Å². The molecule has 0 aliphatic carbocycles. The second-order valence-electron chi connectivity index (χ2n) is 7.13. The summed E-state index contributed by atoms with van der Waals surface area (Å²) in [6, 6.07) is 16.7. The molecule has 1 aromatic heterocycles. The van der Waals surface area contributed by atoms with Crippen LogP contribution in [0, 0.1) is 0 Å². The predicted octanol–water partition coefficient (Wildman–Crippen LogP) is 3.10. The minimum absolute atomic E-state index is 0.0707. The van der Waals surface area contributed by atoms with Crippen molar-refractivity contribution in [1.29, 1.82) is 0 Å². The fourth-order valence-corrected chi connectivity index (χ4v) is 3.00. The number of amides is 3. The van der Waals surface area contributed by atoms with Crippen molar-refractivity contribution in [3.8, 4) is 11.5 Å². The minimum atomic E-state index is -0.503. The van der Waals surface area contributed by atoms with Crippen LogP contribution in [0.3, 0.4) is 0 Å². The van der Waals surface area contributed by atoms with Crippen molar-refractivity contribution in [2.45, 2.75) is 6.54 Å². The summed E-state index contributed by atoms with van der Waals surface area (Å²) >= 11 is 5.85. The molecule has 0 bridgehead atoms. The summed E-state index contributed by atoms with van der Waals surface area (Å²) in [4.78, 5) is 38.6. The van der Waals surface area contributed by atoms with Crippen molar-refractivity contribution in [3.63, 3.8) is 0 Å². The van der Waals surface area contributed by atoms with E-state index in [2.05, 4.69) is 10.6 Å². The van der Waals surface area contributed by atoms with Gasteiger partial charge in [0.15, 0.2) is 6.61 Å². The molecule has 178 valence electrons. The Balaban J connectivity index is 1.52. The molecule has 3 aromatic rings. The Hall–Kier alpha value is -3.98. The number of nitrogens with one attached hydrogen (secondary N) is 2. The van der Waals surface area contributed by atoms with Crippen LogP contribution in [0.25, 0.3) is 0 Å². The predicted molar refractivity (Wildman–Crippen MR) is 126 cm³/mol. The maximum atomic E-state index is 12.7. The molecule has 3 rings (SSSR count). The van der Waals surface area contributed by atoms with Crippen LogP contribution in [-0.4, -0.2) is 49.4 Å². The first kappa shape index (κ1) is 24.7. The summed E-state index contributed by atoms with van der Waals surface area (Å²) in [6.07, 6.45) is 1.48. The quantitative estimate of drug-likeness (QED) is 0.432. The number of anilines is 1. The van der Waals surface area contributed by atoms with E-state index in [-0.39, 0.29) is 26.2 Å². The SMILES string of the molecule is COc1ccc(NC(=O)CNC(=O)CN(Cc2ccco2)C(=O)COc2ccc(Cl)cc2)cc1. The van der Waals surface area contributed by atoms with Gasteiger partial charge in [-0.3, -0.25) is 14.4 Å². The molecule has 0 unspecified atom stereocenters. The molecule has 0 radical (unpaired) electrons. The van der Waals surface area contributed by atoms with E-state index in [4.69, 9.17) is 25.5 Å². The molecule has 9 nitrogen and oxygen atoms in total. The number of hydrogen-bond donors (Lipinski definition) is 2. The van der Waals surface area contributed by atoms with Gasteiger partial charge in [0.25, 0.3) is 5.91 Å². The molecule has 1 heterocycles. The standard InChI is InChI=1S/C24H24ClN3O6/c1-32-19-10-6-18(7-11-19)27-22(29)13-26-23(30)15-28(14-21-3-2-12-33-21)24(31)16-34-20-8-4-17(25)5-9-20/h2-12H,13-16H2,1H3,(H,26,30)(H,27,29). The molecule has 0 aliphatic rings. The molecular weight excluding hydrogens is 462 g/mol. The van der Waals surface area contributed by atoms with Gasteiger partial charge in [-0.1, -0.05) is 11.6 Å². The highest BCUT2D eigenvalue weighted by Crippen LogP contribution is 2.16. The molecule has 2 N–H and O–H groups in total. The Morgan fingerprint density at radius 2 is 1.68 bits per heavy atom. The van der Waals surface area contributed by atoms with Gasteiger partial charge in [0.05, 0.1) is 26.5 Å². The molecule has 0 saturated carbocycles. The third-order valence-corrected chi connectivity index (χ3v) is 4.86. The summed E-state index contributed by atoms with van der Waals surface area (Å²) < 4.78 is 15.9. The average Bonchev–Trinajstić information content (AvgIpc) is 3.35. The van der Waals surface area contributed by atoms with E-state index in [9.17, 15) is 14.4 Å². The van der Waals surface area contributed by atoms with Crippen LogP contribution in [0.4, 0.5) is 5.69 Å². The molecule has 3 amide bonds. The zero-order valence-electron chi connectivity index (χ0n) is 18.5. The third kappa shape index (κ3) is 7.86. The van der Waals surface area contributed by atoms with Crippen LogP contribution in [-0.2, 0) is 20.9 Å². The van der Waals surface area contributed by atoms with E-state index in [1.54, 1.807) is 67.8 Å². The molecule has 0 saturated heterocycles. The monoisotopic (exact) mass is 485 g/mol. The van der Waals surface area contributed by atoms with Gasteiger partial charge in [0.2, 0.25) is 11.8 Å². The van der Waals surface area contributed by atoms with Gasteiger partial charge < -0.3 is 29.4 Å². The van der Waals surface area contributed by atoms with Crippen LogP contribution in [0.2, 0.25) is 5.02 Å². The maximum Gasteiger partial charge on any atom is 0.261 e. The summed E-state index contributed by atoms with van der Waals surface area (Å²) in [7, 11) is 1.55. The zero-order valence-corrected chi connectivity index (χ0v) is 19.2. The number of hydrogen-bond acceptors (Lipinski definition) is 6. The normalized spacial score (nSPS) is 10.3. The summed E-state index contributed by atoms with van der Waals surface area (Å²) in [6.45, 7) is -0.747. The average molecular weight is 486 g/mol. The number of benzene rings is 2. The van der Waals surface area contributed by atoms with E-state index < -0.39 is 17.7 Å².